The van der Waals surface area contributed by atoms with Crippen molar-refractivity contribution in [1.29, 1.82) is 0 Å². The monoisotopic (exact) mass is 336 g/mol. The summed E-state index contributed by atoms with van der Waals surface area (Å²) in [7, 11) is -1.44. The average Bonchev–Trinajstić information content (AvgIpc) is 2.57. The summed E-state index contributed by atoms with van der Waals surface area (Å²) in [4.78, 5) is 11.0. The first-order valence-electron chi connectivity index (χ1n) is 5.74. The Morgan fingerprint density at radius 1 is 1.56 bits per heavy atom. The molecule has 2 unspecified atom stereocenters. The van der Waals surface area contributed by atoms with Gasteiger partial charge in [0.15, 0.2) is 0 Å². The lowest BCUT2D eigenvalue weighted by atomic mass is 10.3. The highest BCUT2D eigenvalue weighted by Crippen LogP contribution is 2.23. The lowest BCUT2D eigenvalue weighted by Gasteiger charge is -2.11. The van der Waals surface area contributed by atoms with E-state index in [1.807, 2.05) is 13.8 Å². The summed E-state index contributed by atoms with van der Waals surface area (Å²) in [6.07, 6.45) is 0.360. The molecule has 0 saturated carbocycles. The first-order valence-corrected chi connectivity index (χ1v) is 7.91. The molecule has 7 heteroatoms. The van der Waals surface area contributed by atoms with Crippen LogP contribution >= 0.6 is 15.9 Å². The molecule has 1 aromatic heterocycles. The van der Waals surface area contributed by atoms with E-state index in [4.69, 9.17) is 5.11 Å². The molecule has 1 N–H and O–H groups in total. The van der Waals surface area contributed by atoms with Crippen LogP contribution in [0.1, 0.15) is 31.7 Å². The molecule has 0 bridgehead atoms. The van der Waals surface area contributed by atoms with E-state index < -0.39 is 22.0 Å². The second-order valence-electron chi connectivity index (χ2n) is 3.92. The molecule has 2 atom stereocenters. The lowest BCUT2D eigenvalue weighted by Crippen LogP contribution is -2.26. The van der Waals surface area contributed by atoms with Crippen LogP contribution in [-0.2, 0) is 27.9 Å². The molecule has 1 aromatic rings. The van der Waals surface area contributed by atoms with Gasteiger partial charge >= 0.3 is 5.97 Å². The number of carbonyl (C=O) groups is 1. The van der Waals surface area contributed by atoms with E-state index in [1.165, 1.54) is 0 Å². The van der Waals surface area contributed by atoms with E-state index in [-0.39, 0.29) is 5.75 Å². The third-order valence-electron chi connectivity index (χ3n) is 2.70. The number of nitrogens with zero attached hydrogens (tertiary/aromatic N) is 2. The Morgan fingerprint density at radius 2 is 2.17 bits per heavy atom. The fourth-order valence-electron chi connectivity index (χ4n) is 1.72. The number of aromatic nitrogens is 2. The Labute approximate surface area is 117 Å². The summed E-state index contributed by atoms with van der Waals surface area (Å²) in [6.45, 7) is 6.20. The predicted octanol–water partition coefficient (Wildman–Crippen LogP) is 2.09. The minimum Gasteiger partial charge on any atom is -0.480 e. The van der Waals surface area contributed by atoms with Gasteiger partial charge in [0.2, 0.25) is 0 Å². The number of aryl methyl sites for hydroxylation is 2. The fourth-order valence-corrected chi connectivity index (χ4v) is 3.69. The van der Waals surface area contributed by atoms with Crippen LogP contribution in [0.3, 0.4) is 0 Å². The Bertz CT molecular complexity index is 473. The minimum atomic E-state index is -1.44. The highest BCUT2D eigenvalue weighted by molar-refractivity contribution is 9.10. The highest BCUT2D eigenvalue weighted by Gasteiger charge is 2.25. The van der Waals surface area contributed by atoms with Crippen molar-refractivity contribution in [3.63, 3.8) is 0 Å². The van der Waals surface area contributed by atoms with Gasteiger partial charge in [-0.1, -0.05) is 6.92 Å². The van der Waals surface area contributed by atoms with Crippen molar-refractivity contribution < 1.29 is 14.1 Å². The van der Waals surface area contributed by atoms with Gasteiger partial charge in [0.1, 0.15) is 5.25 Å². The fraction of sp³-hybridized carbons (Fsp3) is 0.636. The molecule has 1 rings (SSSR count). The molecule has 0 saturated heterocycles. The molecule has 1 heterocycles. The second kappa shape index (κ2) is 6.47. The minimum absolute atomic E-state index is 0.208. The van der Waals surface area contributed by atoms with Gasteiger partial charge in [-0.15, -0.1) is 0 Å². The number of hydrogen-bond acceptors (Lipinski definition) is 3. The van der Waals surface area contributed by atoms with Gasteiger partial charge in [0, 0.05) is 17.3 Å². The first kappa shape index (κ1) is 15.4. The predicted molar refractivity (Wildman–Crippen MR) is 73.9 cm³/mol. The summed E-state index contributed by atoms with van der Waals surface area (Å²) in [6, 6.07) is 0. The zero-order valence-corrected chi connectivity index (χ0v) is 13.0. The summed E-state index contributed by atoms with van der Waals surface area (Å²) in [5.74, 6) is -0.800. The van der Waals surface area contributed by atoms with E-state index >= 15 is 0 Å². The van der Waals surface area contributed by atoms with E-state index in [0.717, 1.165) is 15.9 Å². The maximum Gasteiger partial charge on any atom is 0.319 e. The third-order valence-corrected chi connectivity index (χ3v) is 5.45. The van der Waals surface area contributed by atoms with Crippen molar-refractivity contribution >= 4 is 32.7 Å². The number of hydrogen-bond donors (Lipinski definition) is 1. The summed E-state index contributed by atoms with van der Waals surface area (Å²) in [5, 5.41) is 12.5. The maximum absolute atomic E-state index is 12.1. The van der Waals surface area contributed by atoms with Crippen molar-refractivity contribution in [1.82, 2.24) is 9.78 Å². The van der Waals surface area contributed by atoms with E-state index in [9.17, 15) is 9.00 Å². The topological polar surface area (TPSA) is 72.2 Å². The van der Waals surface area contributed by atoms with Crippen LogP contribution in [0.5, 0.6) is 0 Å². The van der Waals surface area contributed by atoms with Crippen molar-refractivity contribution in [2.24, 2.45) is 0 Å². The lowest BCUT2D eigenvalue weighted by molar-refractivity contribution is -0.136. The molecular formula is C11H17BrN2O3S. The van der Waals surface area contributed by atoms with Gasteiger partial charge < -0.3 is 5.11 Å². The zero-order chi connectivity index (χ0) is 13.9. The van der Waals surface area contributed by atoms with Crippen LogP contribution in [0, 0.1) is 6.92 Å². The molecule has 0 aliphatic heterocycles. The second-order valence-corrected chi connectivity index (χ2v) is 6.33. The molecule has 0 radical (unpaired) electrons. The van der Waals surface area contributed by atoms with Crippen LogP contribution in [0.25, 0.3) is 0 Å². The van der Waals surface area contributed by atoms with Crippen LogP contribution in [0.2, 0.25) is 0 Å². The number of halogens is 1. The molecule has 18 heavy (non-hydrogen) atoms. The number of carboxylic acids is 1. The van der Waals surface area contributed by atoms with Gasteiger partial charge in [-0.2, -0.15) is 5.10 Å². The first-order chi connectivity index (χ1) is 8.42. The van der Waals surface area contributed by atoms with Gasteiger partial charge in [0.25, 0.3) is 0 Å². The summed E-state index contributed by atoms with van der Waals surface area (Å²) in [5.41, 5.74) is 1.63. The van der Waals surface area contributed by atoms with Crippen molar-refractivity contribution in [2.45, 2.75) is 44.7 Å². The standard InChI is InChI=1S/C11H17BrN2O3S/c1-4-9(11(15)16)18(17)6-8-10(12)7(3)13-14(8)5-2/h9H,4-6H2,1-3H3,(H,15,16). The Kier molecular flexibility index (Phi) is 5.52. The summed E-state index contributed by atoms with van der Waals surface area (Å²) >= 11 is 3.41. The molecule has 0 amide bonds. The zero-order valence-electron chi connectivity index (χ0n) is 10.6. The quantitative estimate of drug-likeness (QED) is 0.863. The van der Waals surface area contributed by atoms with E-state index in [2.05, 4.69) is 21.0 Å². The van der Waals surface area contributed by atoms with Gasteiger partial charge in [-0.3, -0.25) is 13.7 Å². The summed E-state index contributed by atoms with van der Waals surface area (Å²) < 4.78 is 14.7. The molecule has 0 fully saturated rings. The molecule has 0 spiro atoms. The maximum atomic E-state index is 12.1. The highest BCUT2D eigenvalue weighted by atomic mass is 79.9. The smallest absolute Gasteiger partial charge is 0.319 e. The van der Waals surface area contributed by atoms with Crippen LogP contribution in [0.4, 0.5) is 0 Å². The van der Waals surface area contributed by atoms with Crippen LogP contribution < -0.4 is 0 Å². The number of aliphatic carboxylic acids is 1. The largest absolute Gasteiger partial charge is 0.480 e. The van der Waals surface area contributed by atoms with E-state index in [0.29, 0.717) is 13.0 Å². The van der Waals surface area contributed by atoms with Crippen molar-refractivity contribution in [3.05, 3.63) is 15.9 Å². The Balaban J connectivity index is 2.97. The van der Waals surface area contributed by atoms with Gasteiger partial charge in [-0.25, -0.2) is 0 Å². The van der Waals surface area contributed by atoms with Crippen molar-refractivity contribution in [2.75, 3.05) is 0 Å². The molecule has 102 valence electrons. The molecule has 0 aromatic carbocycles. The molecule has 0 aliphatic rings. The SMILES string of the molecule is CCC(C(=O)O)S(=O)Cc1c(Br)c(C)nn1CC. The molecule has 5 nitrogen and oxygen atoms in total. The van der Waals surface area contributed by atoms with Gasteiger partial charge in [-0.05, 0) is 36.2 Å². The Hall–Kier alpha value is -0.690. The van der Waals surface area contributed by atoms with Crippen molar-refractivity contribution in [3.8, 4) is 0 Å². The van der Waals surface area contributed by atoms with Crippen LogP contribution in [0.15, 0.2) is 4.47 Å². The van der Waals surface area contributed by atoms with Gasteiger partial charge in [0.05, 0.1) is 21.6 Å². The van der Waals surface area contributed by atoms with Crippen LogP contribution in [-0.4, -0.2) is 30.3 Å². The molecular weight excluding hydrogens is 320 g/mol. The Morgan fingerprint density at radius 3 is 2.61 bits per heavy atom. The third kappa shape index (κ3) is 3.20. The molecule has 0 aliphatic carbocycles. The number of rotatable bonds is 6. The van der Waals surface area contributed by atoms with E-state index in [1.54, 1.807) is 11.6 Å². The average molecular weight is 337 g/mol. The number of carboxylic acid groups (broad SMARTS) is 1. The normalized spacial score (nSPS) is 14.4.